The summed E-state index contributed by atoms with van der Waals surface area (Å²) in [4.78, 5) is 11.3. The van der Waals surface area contributed by atoms with E-state index in [2.05, 4.69) is 10.7 Å². The molecule has 0 radical (unpaired) electrons. The Morgan fingerprint density at radius 1 is 0.806 bits per heavy atom. The van der Waals surface area contributed by atoms with Gasteiger partial charge in [-0.05, 0) is 23.1 Å². The number of nitrogens with zero attached hydrogens (tertiary/aromatic N) is 1. The first-order valence-corrected chi connectivity index (χ1v) is 10.4. The number of amides is 1. The van der Waals surface area contributed by atoms with Crippen LogP contribution in [0.25, 0.3) is 0 Å². The van der Waals surface area contributed by atoms with E-state index in [4.69, 9.17) is 0 Å². The minimum atomic E-state index is -1.15. The van der Waals surface area contributed by atoms with E-state index in [1.54, 1.807) is 0 Å². The minimum absolute atomic E-state index is 0.263. The van der Waals surface area contributed by atoms with Crippen molar-refractivity contribution in [3.63, 3.8) is 0 Å². The summed E-state index contributed by atoms with van der Waals surface area (Å²) in [6, 6.07) is 28.9. The third kappa shape index (κ3) is 7.86. The molecule has 3 aromatic rings. The number of hydrogen-bond donors (Lipinski definition) is 4. The number of hydrogen-bond acceptors (Lipinski definition) is 4. The van der Waals surface area contributed by atoms with Gasteiger partial charge in [-0.1, -0.05) is 91.0 Å². The Hall–Kier alpha value is -3.19. The number of aliphatic hydroxyl groups excluding tert-OH is 1. The predicted octanol–water partition coefficient (Wildman–Crippen LogP) is 3.43. The molecule has 0 fully saturated rings. The summed E-state index contributed by atoms with van der Waals surface area (Å²) in [6.07, 6.45) is -1.64. The molecular formula is C25H29N3O3. The number of carboxylic acid groups (broad SMARTS) is 1. The van der Waals surface area contributed by atoms with E-state index in [0.29, 0.717) is 19.5 Å². The molecule has 3 aromatic carbocycles. The van der Waals surface area contributed by atoms with Crippen molar-refractivity contribution in [2.45, 2.75) is 31.7 Å². The van der Waals surface area contributed by atoms with Crippen LogP contribution in [0, 0.1) is 0 Å². The van der Waals surface area contributed by atoms with Gasteiger partial charge in [-0.3, -0.25) is 5.43 Å². The highest BCUT2D eigenvalue weighted by molar-refractivity contribution is 5.65. The monoisotopic (exact) mass is 419 g/mol. The summed E-state index contributed by atoms with van der Waals surface area (Å²) in [6.45, 7) is 1.45. The Balaban J connectivity index is 1.70. The number of hydrazine groups is 1. The van der Waals surface area contributed by atoms with Crippen LogP contribution < -0.4 is 10.7 Å². The lowest BCUT2D eigenvalue weighted by Gasteiger charge is -2.30. The molecule has 0 aromatic heterocycles. The summed E-state index contributed by atoms with van der Waals surface area (Å²) in [7, 11) is 0. The number of nitrogens with one attached hydrogen (secondary N) is 2. The standard InChI is InChI=1S/C25H29N3O3/c29-24(23(27-25(30)31)16-20-10-4-1-5-11-20)19-28(18-22-14-8-3-9-15-22)26-17-21-12-6-2-7-13-21/h1-15,23-24,26-27,29H,16-19H2,(H,30,31). The summed E-state index contributed by atoms with van der Waals surface area (Å²) in [5.74, 6) is 0. The average Bonchev–Trinajstić information content (AvgIpc) is 2.79. The molecule has 6 nitrogen and oxygen atoms in total. The molecule has 3 rings (SSSR count). The van der Waals surface area contributed by atoms with Gasteiger partial charge < -0.3 is 15.5 Å². The van der Waals surface area contributed by atoms with Crippen molar-refractivity contribution < 1.29 is 15.0 Å². The van der Waals surface area contributed by atoms with Crippen LogP contribution in [-0.2, 0) is 19.5 Å². The van der Waals surface area contributed by atoms with Gasteiger partial charge in [0.25, 0.3) is 0 Å². The Bertz CT molecular complexity index is 907. The van der Waals surface area contributed by atoms with E-state index >= 15 is 0 Å². The Morgan fingerprint density at radius 2 is 1.32 bits per heavy atom. The maximum absolute atomic E-state index is 11.3. The third-order valence-electron chi connectivity index (χ3n) is 5.05. The lowest BCUT2D eigenvalue weighted by molar-refractivity contribution is 0.0495. The molecule has 0 aliphatic rings. The lowest BCUT2D eigenvalue weighted by atomic mass is 10.0. The van der Waals surface area contributed by atoms with Crippen LogP contribution in [0.4, 0.5) is 4.79 Å². The molecule has 6 heteroatoms. The van der Waals surface area contributed by atoms with Crippen molar-refractivity contribution in [1.29, 1.82) is 0 Å². The summed E-state index contributed by atoms with van der Waals surface area (Å²) < 4.78 is 0. The second kappa shape index (κ2) is 11.9. The zero-order chi connectivity index (χ0) is 21.9. The normalized spacial score (nSPS) is 13.0. The maximum atomic E-state index is 11.3. The molecule has 2 atom stereocenters. The van der Waals surface area contributed by atoms with Crippen molar-refractivity contribution in [2.24, 2.45) is 0 Å². The predicted molar refractivity (Wildman–Crippen MR) is 121 cm³/mol. The van der Waals surface area contributed by atoms with Crippen molar-refractivity contribution in [3.05, 3.63) is 108 Å². The number of carbonyl (C=O) groups is 1. The first-order chi connectivity index (χ1) is 15.1. The zero-order valence-electron chi connectivity index (χ0n) is 17.4. The van der Waals surface area contributed by atoms with Crippen LogP contribution in [0.15, 0.2) is 91.0 Å². The highest BCUT2D eigenvalue weighted by Crippen LogP contribution is 2.10. The van der Waals surface area contributed by atoms with Gasteiger partial charge in [0.15, 0.2) is 0 Å². The Labute approximate surface area is 183 Å². The fraction of sp³-hybridized carbons (Fsp3) is 0.240. The number of aliphatic hydroxyl groups is 1. The van der Waals surface area contributed by atoms with Crippen LogP contribution >= 0.6 is 0 Å². The molecule has 2 unspecified atom stereocenters. The van der Waals surface area contributed by atoms with E-state index in [0.717, 1.165) is 16.7 Å². The lowest BCUT2D eigenvalue weighted by Crippen LogP contribution is -2.51. The van der Waals surface area contributed by atoms with Crippen LogP contribution in [0.2, 0.25) is 0 Å². The van der Waals surface area contributed by atoms with Crippen molar-refractivity contribution in [1.82, 2.24) is 15.8 Å². The van der Waals surface area contributed by atoms with Gasteiger partial charge in [0.2, 0.25) is 0 Å². The fourth-order valence-corrected chi connectivity index (χ4v) is 3.45. The average molecular weight is 420 g/mol. The molecule has 0 heterocycles. The van der Waals surface area contributed by atoms with E-state index in [9.17, 15) is 15.0 Å². The molecule has 4 N–H and O–H groups in total. The molecule has 0 spiro atoms. The van der Waals surface area contributed by atoms with E-state index < -0.39 is 18.2 Å². The molecule has 0 aliphatic carbocycles. The smallest absolute Gasteiger partial charge is 0.404 e. The fourth-order valence-electron chi connectivity index (χ4n) is 3.45. The zero-order valence-corrected chi connectivity index (χ0v) is 17.4. The van der Waals surface area contributed by atoms with Crippen LogP contribution in [0.1, 0.15) is 16.7 Å². The molecule has 1 amide bonds. The third-order valence-corrected chi connectivity index (χ3v) is 5.05. The van der Waals surface area contributed by atoms with Gasteiger partial charge in [0.05, 0.1) is 12.1 Å². The SMILES string of the molecule is O=C(O)NC(Cc1ccccc1)C(O)CN(Cc1ccccc1)NCc1ccccc1. The van der Waals surface area contributed by atoms with Gasteiger partial charge in [-0.15, -0.1) is 0 Å². The molecule has 0 saturated heterocycles. The number of benzene rings is 3. The summed E-state index contributed by atoms with van der Waals surface area (Å²) in [5.41, 5.74) is 6.57. The summed E-state index contributed by atoms with van der Waals surface area (Å²) in [5, 5.41) is 24.7. The molecule has 31 heavy (non-hydrogen) atoms. The molecule has 0 bridgehead atoms. The number of rotatable bonds is 11. The van der Waals surface area contributed by atoms with Crippen LogP contribution in [0.3, 0.4) is 0 Å². The molecule has 162 valence electrons. The van der Waals surface area contributed by atoms with Crippen LogP contribution in [-0.4, -0.2) is 40.0 Å². The van der Waals surface area contributed by atoms with E-state index in [1.807, 2.05) is 96.0 Å². The first kappa shape index (κ1) is 22.5. The topological polar surface area (TPSA) is 84.8 Å². The van der Waals surface area contributed by atoms with E-state index in [1.165, 1.54) is 0 Å². The Kier molecular flexibility index (Phi) is 8.60. The molecule has 0 aliphatic heterocycles. The van der Waals surface area contributed by atoms with Crippen molar-refractivity contribution in [2.75, 3.05) is 6.54 Å². The quantitative estimate of drug-likeness (QED) is 0.358. The minimum Gasteiger partial charge on any atom is -0.465 e. The van der Waals surface area contributed by atoms with Crippen LogP contribution in [0.5, 0.6) is 0 Å². The van der Waals surface area contributed by atoms with Crippen molar-refractivity contribution in [3.8, 4) is 0 Å². The van der Waals surface area contributed by atoms with Gasteiger partial charge in [0.1, 0.15) is 0 Å². The Morgan fingerprint density at radius 3 is 1.87 bits per heavy atom. The second-order valence-corrected chi connectivity index (χ2v) is 7.50. The second-order valence-electron chi connectivity index (χ2n) is 7.50. The van der Waals surface area contributed by atoms with E-state index in [-0.39, 0.29) is 6.54 Å². The summed E-state index contributed by atoms with van der Waals surface area (Å²) >= 11 is 0. The van der Waals surface area contributed by atoms with Gasteiger partial charge in [-0.25, -0.2) is 9.80 Å². The maximum Gasteiger partial charge on any atom is 0.404 e. The first-order valence-electron chi connectivity index (χ1n) is 10.4. The highest BCUT2D eigenvalue weighted by Gasteiger charge is 2.24. The largest absolute Gasteiger partial charge is 0.465 e. The van der Waals surface area contributed by atoms with Gasteiger partial charge >= 0.3 is 6.09 Å². The van der Waals surface area contributed by atoms with Crippen molar-refractivity contribution >= 4 is 6.09 Å². The molecular weight excluding hydrogens is 390 g/mol. The molecule has 0 saturated carbocycles. The highest BCUT2D eigenvalue weighted by atomic mass is 16.4. The van der Waals surface area contributed by atoms with Gasteiger partial charge in [-0.2, -0.15) is 0 Å². The van der Waals surface area contributed by atoms with Gasteiger partial charge in [0, 0.05) is 19.6 Å².